The second-order valence-corrected chi connectivity index (χ2v) is 7.71. The highest BCUT2D eigenvalue weighted by molar-refractivity contribution is 6.31. The molecule has 0 aromatic heterocycles. The number of halogens is 1. The largest absolute Gasteiger partial charge is 0.349 e. The first-order valence-electron chi connectivity index (χ1n) is 9.35. The molecule has 1 aliphatic heterocycles. The fraction of sp³-hybridized carbons (Fsp3) is 0.409. The summed E-state index contributed by atoms with van der Waals surface area (Å²) in [5.74, 6) is 0.195. The van der Waals surface area contributed by atoms with Gasteiger partial charge in [-0.15, -0.1) is 0 Å². The first-order chi connectivity index (χ1) is 12.5. The summed E-state index contributed by atoms with van der Waals surface area (Å²) >= 11 is 6.28. The Morgan fingerprint density at radius 1 is 1.23 bits per heavy atom. The van der Waals surface area contributed by atoms with Crippen LogP contribution in [-0.2, 0) is 11.3 Å². The molecule has 138 valence electrons. The molecule has 1 amide bonds. The fourth-order valence-corrected chi connectivity index (χ4v) is 3.75. The average Bonchev–Trinajstić information content (AvgIpc) is 2.64. The van der Waals surface area contributed by atoms with Gasteiger partial charge in [-0.05, 0) is 50.4 Å². The second kappa shape index (κ2) is 8.70. The molecule has 2 aromatic rings. The van der Waals surface area contributed by atoms with Crippen LogP contribution in [0.25, 0.3) is 0 Å². The van der Waals surface area contributed by atoms with Crippen molar-refractivity contribution in [3.05, 3.63) is 70.2 Å². The standard InChI is InChI=1S/C22H27ClN2O/c1-16-9-11-18(12-10-16)17(2)24-22(26)20-7-5-13-25(15-20)14-19-6-3-4-8-21(19)23/h3-4,6,8-12,17,20H,5,7,13-15H2,1-2H3,(H,24,26)/t17-,20-/m1/s1. The summed E-state index contributed by atoms with van der Waals surface area (Å²) in [4.78, 5) is 15.1. The highest BCUT2D eigenvalue weighted by Crippen LogP contribution is 2.23. The van der Waals surface area contributed by atoms with Gasteiger partial charge in [-0.3, -0.25) is 9.69 Å². The van der Waals surface area contributed by atoms with Crippen LogP contribution in [0.2, 0.25) is 5.02 Å². The number of piperidine rings is 1. The van der Waals surface area contributed by atoms with Gasteiger partial charge in [0.1, 0.15) is 0 Å². The highest BCUT2D eigenvalue weighted by Gasteiger charge is 2.27. The van der Waals surface area contributed by atoms with Gasteiger partial charge < -0.3 is 5.32 Å². The Balaban J connectivity index is 1.57. The third-order valence-corrected chi connectivity index (χ3v) is 5.53. The summed E-state index contributed by atoms with van der Waals surface area (Å²) in [5, 5.41) is 3.99. The van der Waals surface area contributed by atoms with Gasteiger partial charge in [0.05, 0.1) is 12.0 Å². The Kier molecular flexibility index (Phi) is 6.33. The van der Waals surface area contributed by atoms with Gasteiger partial charge in [0.25, 0.3) is 0 Å². The number of nitrogens with one attached hydrogen (secondary N) is 1. The van der Waals surface area contributed by atoms with Crippen LogP contribution in [0.1, 0.15) is 42.5 Å². The summed E-state index contributed by atoms with van der Waals surface area (Å²) in [7, 11) is 0. The van der Waals surface area contributed by atoms with E-state index in [1.807, 2.05) is 25.1 Å². The van der Waals surface area contributed by atoms with Crippen molar-refractivity contribution < 1.29 is 4.79 Å². The quantitative estimate of drug-likeness (QED) is 0.824. The minimum absolute atomic E-state index is 0.0297. The maximum atomic E-state index is 12.7. The molecular formula is C22H27ClN2O. The van der Waals surface area contributed by atoms with Crippen molar-refractivity contribution in [1.29, 1.82) is 0 Å². The molecule has 2 atom stereocenters. The number of likely N-dealkylation sites (tertiary alicyclic amines) is 1. The normalized spacial score (nSPS) is 19.1. The molecule has 3 nitrogen and oxygen atoms in total. The number of carbonyl (C=O) groups is 1. The number of hydrogen-bond acceptors (Lipinski definition) is 2. The first-order valence-corrected chi connectivity index (χ1v) is 9.73. The zero-order valence-electron chi connectivity index (χ0n) is 15.5. The molecule has 26 heavy (non-hydrogen) atoms. The summed E-state index contributed by atoms with van der Waals surface area (Å²) in [6.07, 6.45) is 1.99. The van der Waals surface area contributed by atoms with Gasteiger partial charge in [-0.1, -0.05) is 59.6 Å². The molecule has 0 saturated carbocycles. The number of benzene rings is 2. The Labute approximate surface area is 161 Å². The molecule has 0 aliphatic carbocycles. The second-order valence-electron chi connectivity index (χ2n) is 7.31. The third-order valence-electron chi connectivity index (χ3n) is 5.16. The van der Waals surface area contributed by atoms with Crippen LogP contribution in [0, 0.1) is 12.8 Å². The van der Waals surface area contributed by atoms with Crippen LogP contribution in [0.15, 0.2) is 48.5 Å². The zero-order chi connectivity index (χ0) is 18.5. The van der Waals surface area contributed by atoms with E-state index in [0.29, 0.717) is 0 Å². The topological polar surface area (TPSA) is 32.3 Å². The molecule has 4 heteroatoms. The summed E-state index contributed by atoms with van der Waals surface area (Å²) in [6, 6.07) is 16.3. The van der Waals surface area contributed by atoms with Gasteiger partial charge >= 0.3 is 0 Å². The molecule has 0 bridgehead atoms. The van der Waals surface area contributed by atoms with Crippen LogP contribution in [0.5, 0.6) is 0 Å². The number of amides is 1. The van der Waals surface area contributed by atoms with Crippen LogP contribution in [0.4, 0.5) is 0 Å². The lowest BCUT2D eigenvalue weighted by atomic mass is 9.95. The molecule has 0 radical (unpaired) electrons. The van der Waals surface area contributed by atoms with Crippen LogP contribution >= 0.6 is 11.6 Å². The molecular weight excluding hydrogens is 344 g/mol. The summed E-state index contributed by atoms with van der Waals surface area (Å²) in [6.45, 7) is 6.73. The van der Waals surface area contributed by atoms with Gasteiger partial charge in [-0.25, -0.2) is 0 Å². The Morgan fingerprint density at radius 2 is 1.96 bits per heavy atom. The van der Waals surface area contributed by atoms with E-state index in [1.165, 1.54) is 5.56 Å². The fourth-order valence-electron chi connectivity index (χ4n) is 3.55. The number of hydrogen-bond donors (Lipinski definition) is 1. The molecule has 1 aliphatic rings. The summed E-state index contributed by atoms with van der Waals surface area (Å²) < 4.78 is 0. The molecule has 0 unspecified atom stereocenters. The average molecular weight is 371 g/mol. The van der Waals surface area contributed by atoms with E-state index in [1.54, 1.807) is 0 Å². The predicted octanol–water partition coefficient (Wildman–Crippen LogP) is 4.74. The minimum Gasteiger partial charge on any atom is -0.349 e. The minimum atomic E-state index is 0.0297. The number of carbonyl (C=O) groups excluding carboxylic acids is 1. The van der Waals surface area contributed by atoms with Crippen molar-refractivity contribution in [2.45, 2.75) is 39.3 Å². The van der Waals surface area contributed by atoms with Crippen LogP contribution < -0.4 is 5.32 Å². The van der Waals surface area contributed by atoms with Crippen molar-refractivity contribution in [3.63, 3.8) is 0 Å². The smallest absolute Gasteiger partial charge is 0.224 e. The van der Waals surface area contributed by atoms with E-state index in [0.717, 1.165) is 48.6 Å². The monoisotopic (exact) mass is 370 g/mol. The Hall–Kier alpha value is -1.84. The molecule has 1 fully saturated rings. The van der Waals surface area contributed by atoms with E-state index in [9.17, 15) is 4.79 Å². The molecule has 3 rings (SSSR count). The van der Waals surface area contributed by atoms with Crippen LogP contribution in [0.3, 0.4) is 0 Å². The number of aryl methyl sites for hydroxylation is 1. The highest BCUT2D eigenvalue weighted by atomic mass is 35.5. The molecule has 1 saturated heterocycles. The third kappa shape index (κ3) is 4.87. The van der Waals surface area contributed by atoms with Crippen LogP contribution in [-0.4, -0.2) is 23.9 Å². The van der Waals surface area contributed by atoms with Crippen molar-refractivity contribution in [3.8, 4) is 0 Å². The maximum Gasteiger partial charge on any atom is 0.224 e. The van der Waals surface area contributed by atoms with Crippen molar-refractivity contribution in [2.24, 2.45) is 5.92 Å². The lowest BCUT2D eigenvalue weighted by Crippen LogP contribution is -2.43. The van der Waals surface area contributed by atoms with E-state index < -0.39 is 0 Å². The molecule has 1 N–H and O–H groups in total. The van der Waals surface area contributed by atoms with Gasteiger partial charge in [0, 0.05) is 18.1 Å². The number of nitrogens with zero attached hydrogens (tertiary/aromatic N) is 1. The van der Waals surface area contributed by atoms with E-state index >= 15 is 0 Å². The Bertz CT molecular complexity index is 744. The van der Waals surface area contributed by atoms with Gasteiger partial charge in [0.2, 0.25) is 5.91 Å². The molecule has 2 aromatic carbocycles. The number of rotatable bonds is 5. The lowest BCUT2D eigenvalue weighted by molar-refractivity contribution is -0.127. The zero-order valence-corrected chi connectivity index (χ0v) is 16.3. The van der Waals surface area contributed by atoms with Crippen molar-refractivity contribution in [2.75, 3.05) is 13.1 Å². The lowest BCUT2D eigenvalue weighted by Gasteiger charge is -2.32. The molecule has 1 heterocycles. The maximum absolute atomic E-state index is 12.7. The van der Waals surface area contributed by atoms with E-state index in [-0.39, 0.29) is 17.9 Å². The van der Waals surface area contributed by atoms with E-state index in [4.69, 9.17) is 11.6 Å². The first kappa shape index (κ1) is 18.9. The van der Waals surface area contributed by atoms with Gasteiger partial charge in [0.15, 0.2) is 0 Å². The van der Waals surface area contributed by atoms with Gasteiger partial charge in [-0.2, -0.15) is 0 Å². The summed E-state index contributed by atoms with van der Waals surface area (Å²) in [5.41, 5.74) is 3.51. The SMILES string of the molecule is Cc1ccc([C@@H](C)NC(=O)[C@@H]2CCCN(Cc3ccccc3Cl)C2)cc1. The van der Waals surface area contributed by atoms with Crippen molar-refractivity contribution in [1.82, 2.24) is 10.2 Å². The predicted molar refractivity (Wildman–Crippen MR) is 107 cm³/mol. The molecule has 0 spiro atoms. The Morgan fingerprint density at radius 3 is 2.69 bits per heavy atom. The van der Waals surface area contributed by atoms with Crippen molar-refractivity contribution >= 4 is 17.5 Å². The van der Waals surface area contributed by atoms with E-state index in [2.05, 4.69) is 47.5 Å².